The van der Waals surface area contributed by atoms with Crippen LogP contribution in [0.4, 0.5) is 5.95 Å². The third kappa shape index (κ3) is 3.95. The van der Waals surface area contributed by atoms with Crippen molar-refractivity contribution in [2.75, 3.05) is 24.4 Å². The van der Waals surface area contributed by atoms with Gasteiger partial charge in [-0.2, -0.15) is 16.7 Å². The molecule has 1 heterocycles. The minimum atomic E-state index is 0.409. The maximum absolute atomic E-state index is 5.03. The summed E-state index contributed by atoms with van der Waals surface area (Å²) >= 11 is 1.81. The summed E-state index contributed by atoms with van der Waals surface area (Å²) in [5, 5.41) is 3.28. The van der Waals surface area contributed by atoms with Crippen LogP contribution in [0.1, 0.15) is 13.3 Å². The third-order valence-corrected chi connectivity index (χ3v) is 2.77. The molecule has 0 aromatic carbocycles. The molecule has 0 amide bonds. The summed E-state index contributed by atoms with van der Waals surface area (Å²) in [7, 11) is 1.60. The summed E-state index contributed by atoms with van der Waals surface area (Å²) in [6, 6.07) is 2.15. The van der Waals surface area contributed by atoms with E-state index in [1.165, 1.54) is 0 Å². The predicted molar refractivity (Wildman–Crippen MR) is 64.7 cm³/mol. The molecule has 0 spiro atoms. The number of hydrogen-bond acceptors (Lipinski definition) is 5. The maximum atomic E-state index is 5.03. The molecule has 0 saturated heterocycles. The molecule has 1 aromatic heterocycles. The summed E-state index contributed by atoms with van der Waals surface area (Å²) in [5.41, 5.74) is 0. The molecule has 0 aliphatic carbocycles. The second-order valence-electron chi connectivity index (χ2n) is 3.13. The lowest BCUT2D eigenvalue weighted by atomic mass is 10.3. The number of methoxy groups -OCH3 is 1. The molecule has 15 heavy (non-hydrogen) atoms. The number of ether oxygens (including phenoxy) is 1. The normalized spacial score (nSPS) is 12.2. The van der Waals surface area contributed by atoms with Crippen molar-refractivity contribution < 1.29 is 4.74 Å². The SMILES string of the molecule is CC[C@H](CSC)Nc1nccc(OC)n1. The van der Waals surface area contributed by atoms with Gasteiger partial charge in [-0.3, -0.25) is 0 Å². The molecule has 0 aliphatic heterocycles. The fourth-order valence-electron chi connectivity index (χ4n) is 1.17. The van der Waals surface area contributed by atoms with E-state index in [1.807, 2.05) is 11.8 Å². The van der Waals surface area contributed by atoms with Crippen LogP contribution < -0.4 is 10.1 Å². The lowest BCUT2D eigenvalue weighted by Crippen LogP contribution is -2.22. The zero-order valence-electron chi connectivity index (χ0n) is 9.36. The van der Waals surface area contributed by atoms with E-state index in [-0.39, 0.29) is 0 Å². The van der Waals surface area contributed by atoms with Crippen molar-refractivity contribution in [1.82, 2.24) is 9.97 Å². The zero-order chi connectivity index (χ0) is 11.1. The van der Waals surface area contributed by atoms with E-state index in [2.05, 4.69) is 28.5 Å². The van der Waals surface area contributed by atoms with Gasteiger partial charge in [-0.25, -0.2) is 4.98 Å². The maximum Gasteiger partial charge on any atom is 0.226 e. The number of anilines is 1. The van der Waals surface area contributed by atoms with Gasteiger partial charge in [0.25, 0.3) is 0 Å². The van der Waals surface area contributed by atoms with Gasteiger partial charge in [-0.05, 0) is 12.7 Å². The highest BCUT2D eigenvalue weighted by atomic mass is 32.2. The molecule has 0 bridgehead atoms. The van der Waals surface area contributed by atoms with E-state index in [4.69, 9.17) is 4.74 Å². The van der Waals surface area contributed by atoms with Crippen molar-refractivity contribution in [1.29, 1.82) is 0 Å². The number of nitrogens with zero attached hydrogens (tertiary/aromatic N) is 2. The van der Waals surface area contributed by atoms with Crippen LogP contribution in [-0.2, 0) is 0 Å². The van der Waals surface area contributed by atoms with Crippen LogP contribution in [0.2, 0.25) is 0 Å². The summed E-state index contributed by atoms with van der Waals surface area (Å²) < 4.78 is 5.03. The van der Waals surface area contributed by atoms with Crippen molar-refractivity contribution in [2.24, 2.45) is 0 Å². The number of nitrogens with one attached hydrogen (secondary N) is 1. The number of aromatic nitrogens is 2. The highest BCUT2D eigenvalue weighted by Crippen LogP contribution is 2.11. The summed E-state index contributed by atoms with van der Waals surface area (Å²) in [4.78, 5) is 8.35. The van der Waals surface area contributed by atoms with Crippen LogP contribution in [-0.4, -0.2) is 35.1 Å². The molecular weight excluding hydrogens is 210 g/mol. The van der Waals surface area contributed by atoms with Gasteiger partial charge in [0.15, 0.2) is 0 Å². The van der Waals surface area contributed by atoms with Crippen LogP contribution in [0, 0.1) is 0 Å². The Morgan fingerprint density at radius 3 is 3.00 bits per heavy atom. The molecule has 84 valence electrons. The predicted octanol–water partition coefficient (Wildman–Crippen LogP) is 2.04. The monoisotopic (exact) mass is 227 g/mol. The van der Waals surface area contributed by atoms with E-state index < -0.39 is 0 Å². The van der Waals surface area contributed by atoms with E-state index in [0.29, 0.717) is 17.9 Å². The minimum absolute atomic E-state index is 0.409. The highest BCUT2D eigenvalue weighted by molar-refractivity contribution is 7.98. The quantitative estimate of drug-likeness (QED) is 0.806. The van der Waals surface area contributed by atoms with Crippen LogP contribution in [0.3, 0.4) is 0 Å². The average Bonchev–Trinajstić information content (AvgIpc) is 2.29. The first-order valence-electron chi connectivity index (χ1n) is 4.92. The Balaban J connectivity index is 2.61. The second kappa shape index (κ2) is 6.50. The van der Waals surface area contributed by atoms with E-state index in [9.17, 15) is 0 Å². The van der Waals surface area contributed by atoms with Gasteiger partial charge in [0.1, 0.15) is 0 Å². The van der Waals surface area contributed by atoms with Gasteiger partial charge < -0.3 is 10.1 Å². The number of thioether (sulfide) groups is 1. The van der Waals surface area contributed by atoms with Gasteiger partial charge >= 0.3 is 0 Å². The molecule has 0 radical (unpaired) electrons. The molecule has 1 N–H and O–H groups in total. The largest absolute Gasteiger partial charge is 0.481 e. The van der Waals surface area contributed by atoms with Gasteiger partial charge in [0, 0.05) is 24.1 Å². The molecule has 0 unspecified atom stereocenters. The van der Waals surface area contributed by atoms with Crippen LogP contribution in [0.15, 0.2) is 12.3 Å². The lowest BCUT2D eigenvalue weighted by molar-refractivity contribution is 0.397. The Kier molecular flexibility index (Phi) is 5.25. The molecule has 1 aromatic rings. The molecule has 1 rings (SSSR count). The summed E-state index contributed by atoms with van der Waals surface area (Å²) in [5.74, 6) is 2.28. The third-order valence-electron chi connectivity index (χ3n) is 2.03. The number of rotatable bonds is 6. The van der Waals surface area contributed by atoms with Crippen LogP contribution in [0.25, 0.3) is 0 Å². The smallest absolute Gasteiger partial charge is 0.226 e. The standard InChI is InChI=1S/C10H17N3OS/c1-4-8(7-15-3)12-10-11-6-5-9(13-10)14-2/h5-6,8H,4,7H2,1-3H3,(H,11,12,13)/t8-/m1/s1. The highest BCUT2D eigenvalue weighted by Gasteiger charge is 2.07. The van der Waals surface area contributed by atoms with Crippen molar-refractivity contribution >= 4 is 17.7 Å². The molecule has 1 atom stereocenters. The first kappa shape index (κ1) is 12.1. The molecule has 4 nitrogen and oxygen atoms in total. The van der Waals surface area contributed by atoms with E-state index in [0.717, 1.165) is 12.2 Å². The molecule has 5 heteroatoms. The average molecular weight is 227 g/mol. The Morgan fingerprint density at radius 1 is 1.60 bits per heavy atom. The van der Waals surface area contributed by atoms with Gasteiger partial charge in [-0.1, -0.05) is 6.92 Å². The van der Waals surface area contributed by atoms with E-state index >= 15 is 0 Å². The molecule has 0 saturated carbocycles. The van der Waals surface area contributed by atoms with Crippen LogP contribution in [0.5, 0.6) is 5.88 Å². The van der Waals surface area contributed by atoms with Crippen LogP contribution >= 0.6 is 11.8 Å². The number of hydrogen-bond donors (Lipinski definition) is 1. The van der Waals surface area contributed by atoms with Gasteiger partial charge in [0.2, 0.25) is 11.8 Å². The molecule has 0 fully saturated rings. The van der Waals surface area contributed by atoms with Gasteiger partial charge in [0.05, 0.1) is 7.11 Å². The van der Waals surface area contributed by atoms with Crippen molar-refractivity contribution in [3.8, 4) is 5.88 Å². The second-order valence-corrected chi connectivity index (χ2v) is 4.04. The van der Waals surface area contributed by atoms with Gasteiger partial charge in [-0.15, -0.1) is 0 Å². The summed E-state index contributed by atoms with van der Waals surface area (Å²) in [6.07, 6.45) is 4.85. The van der Waals surface area contributed by atoms with E-state index in [1.54, 1.807) is 19.4 Å². The Bertz CT molecular complexity index is 296. The topological polar surface area (TPSA) is 47.0 Å². The fraction of sp³-hybridized carbons (Fsp3) is 0.600. The first-order chi connectivity index (χ1) is 7.30. The Hall–Kier alpha value is -0.970. The lowest BCUT2D eigenvalue weighted by Gasteiger charge is -2.15. The van der Waals surface area contributed by atoms with Crippen molar-refractivity contribution in [3.05, 3.63) is 12.3 Å². The Labute approximate surface area is 94.8 Å². The fourth-order valence-corrected chi connectivity index (χ4v) is 1.89. The molecular formula is C10H17N3OS. The van der Waals surface area contributed by atoms with Crippen molar-refractivity contribution in [2.45, 2.75) is 19.4 Å². The van der Waals surface area contributed by atoms with Crippen molar-refractivity contribution in [3.63, 3.8) is 0 Å². The summed E-state index contributed by atoms with van der Waals surface area (Å²) in [6.45, 7) is 2.15. The Morgan fingerprint density at radius 2 is 2.40 bits per heavy atom. The minimum Gasteiger partial charge on any atom is -0.481 e. The zero-order valence-corrected chi connectivity index (χ0v) is 10.2. The first-order valence-corrected chi connectivity index (χ1v) is 6.32. The molecule has 0 aliphatic rings.